The number of carbonyl (C=O) groups is 1. The van der Waals surface area contributed by atoms with Gasteiger partial charge in [-0.2, -0.15) is 4.72 Å². The third-order valence-electron chi connectivity index (χ3n) is 6.79. The van der Waals surface area contributed by atoms with Crippen molar-refractivity contribution in [3.8, 4) is 0 Å². The summed E-state index contributed by atoms with van der Waals surface area (Å²) >= 11 is 0. The fraction of sp³-hybridized carbons (Fsp3) is 0.464. The molecular weight excluding hydrogens is 458 g/mol. The number of hydrogen-bond acceptors (Lipinski definition) is 4. The molecule has 2 unspecified atom stereocenters. The minimum Gasteiger partial charge on any atom is -0.339 e. The van der Waals surface area contributed by atoms with Crippen LogP contribution < -0.4 is 4.72 Å². The Balaban J connectivity index is 1.66. The van der Waals surface area contributed by atoms with Crippen molar-refractivity contribution in [1.29, 1.82) is 0 Å². The van der Waals surface area contributed by atoms with E-state index < -0.39 is 16.1 Å². The van der Waals surface area contributed by atoms with Crippen molar-refractivity contribution in [1.82, 2.24) is 14.5 Å². The predicted octanol–water partition coefficient (Wildman–Crippen LogP) is 4.16. The molecule has 0 spiro atoms. The second kappa shape index (κ2) is 12.0. The average Bonchev–Trinajstić information content (AvgIpc) is 2.82. The third-order valence-corrected chi connectivity index (χ3v) is 8.54. The summed E-state index contributed by atoms with van der Waals surface area (Å²) in [6.45, 7) is 13.0. The zero-order chi connectivity index (χ0) is 25.6. The van der Waals surface area contributed by atoms with Crippen LogP contribution in [0.25, 0.3) is 6.08 Å². The van der Waals surface area contributed by atoms with Crippen LogP contribution in [0, 0.1) is 26.7 Å². The number of nitrogens with zero attached hydrogens (tertiary/aromatic N) is 2. The van der Waals surface area contributed by atoms with Gasteiger partial charge in [-0.05, 0) is 43.4 Å². The first kappa shape index (κ1) is 27.1. The normalized spacial score (nSPS) is 17.0. The van der Waals surface area contributed by atoms with Crippen molar-refractivity contribution in [2.45, 2.75) is 52.0 Å². The molecule has 3 rings (SSSR count). The number of benzene rings is 2. The van der Waals surface area contributed by atoms with Crippen molar-refractivity contribution in [2.75, 3.05) is 32.7 Å². The molecule has 0 aromatic heterocycles. The minimum absolute atomic E-state index is 0.116. The predicted molar refractivity (Wildman–Crippen MR) is 143 cm³/mol. The summed E-state index contributed by atoms with van der Waals surface area (Å²) in [7, 11) is -3.84. The molecule has 0 aliphatic carbocycles. The lowest BCUT2D eigenvalue weighted by Gasteiger charge is -2.37. The summed E-state index contributed by atoms with van der Waals surface area (Å²) in [5.41, 5.74) is 3.58. The van der Waals surface area contributed by atoms with E-state index in [1.54, 1.807) is 13.8 Å². The van der Waals surface area contributed by atoms with E-state index in [-0.39, 0.29) is 16.7 Å². The van der Waals surface area contributed by atoms with Crippen molar-refractivity contribution in [3.63, 3.8) is 0 Å². The van der Waals surface area contributed by atoms with Gasteiger partial charge in [0.25, 0.3) is 0 Å². The van der Waals surface area contributed by atoms with Gasteiger partial charge in [-0.15, -0.1) is 0 Å². The lowest BCUT2D eigenvalue weighted by atomic mass is 9.98. The summed E-state index contributed by atoms with van der Waals surface area (Å²) in [6.07, 6.45) is 4.96. The molecular formula is C28H39N3O3S. The SMILES string of the molecule is CCC(C)C(NS(=O)(=O)c1c(C)cc(C)cc1C)C(=O)N1CCN(C/C=C/c2ccccc2)CC1. The van der Waals surface area contributed by atoms with Crippen LogP contribution in [0.3, 0.4) is 0 Å². The molecule has 35 heavy (non-hydrogen) atoms. The van der Waals surface area contributed by atoms with Crippen LogP contribution in [0.5, 0.6) is 0 Å². The summed E-state index contributed by atoms with van der Waals surface area (Å²) in [6, 6.07) is 13.1. The number of carbonyl (C=O) groups excluding carboxylic acids is 1. The summed E-state index contributed by atoms with van der Waals surface area (Å²) in [5, 5.41) is 0. The molecule has 0 bridgehead atoms. The van der Waals surface area contributed by atoms with Gasteiger partial charge in [-0.1, -0.05) is 80.4 Å². The Labute approximate surface area is 211 Å². The van der Waals surface area contributed by atoms with Crippen molar-refractivity contribution in [2.24, 2.45) is 5.92 Å². The molecule has 0 saturated carbocycles. The number of rotatable bonds is 9. The topological polar surface area (TPSA) is 69.7 Å². The highest BCUT2D eigenvalue weighted by molar-refractivity contribution is 7.89. The minimum atomic E-state index is -3.84. The Morgan fingerprint density at radius 3 is 2.20 bits per heavy atom. The molecule has 1 saturated heterocycles. The van der Waals surface area contributed by atoms with E-state index >= 15 is 0 Å². The summed E-state index contributed by atoms with van der Waals surface area (Å²) in [4.78, 5) is 17.9. The van der Waals surface area contributed by atoms with Gasteiger partial charge in [-0.3, -0.25) is 9.69 Å². The van der Waals surface area contributed by atoms with Gasteiger partial charge >= 0.3 is 0 Å². The fourth-order valence-corrected chi connectivity index (χ4v) is 6.46. The maximum Gasteiger partial charge on any atom is 0.241 e. The first-order valence-electron chi connectivity index (χ1n) is 12.4. The fourth-order valence-electron chi connectivity index (χ4n) is 4.71. The van der Waals surface area contributed by atoms with E-state index in [0.29, 0.717) is 30.6 Å². The Morgan fingerprint density at radius 1 is 1.03 bits per heavy atom. The van der Waals surface area contributed by atoms with Crippen LogP contribution in [0.15, 0.2) is 53.4 Å². The zero-order valence-electron chi connectivity index (χ0n) is 21.6. The smallest absolute Gasteiger partial charge is 0.241 e. The van der Waals surface area contributed by atoms with Gasteiger partial charge in [0.15, 0.2) is 0 Å². The molecule has 0 radical (unpaired) electrons. The van der Waals surface area contributed by atoms with Crippen molar-refractivity contribution < 1.29 is 13.2 Å². The van der Waals surface area contributed by atoms with E-state index in [4.69, 9.17) is 0 Å². The van der Waals surface area contributed by atoms with E-state index in [1.165, 1.54) is 5.56 Å². The van der Waals surface area contributed by atoms with E-state index in [9.17, 15) is 13.2 Å². The van der Waals surface area contributed by atoms with Crippen LogP contribution in [0.2, 0.25) is 0 Å². The molecule has 1 aliphatic rings. The lowest BCUT2D eigenvalue weighted by molar-refractivity contribution is -0.135. The largest absolute Gasteiger partial charge is 0.339 e. The lowest BCUT2D eigenvalue weighted by Crippen LogP contribution is -2.56. The molecule has 1 amide bonds. The zero-order valence-corrected chi connectivity index (χ0v) is 22.4. The van der Waals surface area contributed by atoms with Gasteiger partial charge in [0, 0.05) is 32.7 Å². The third kappa shape index (κ3) is 7.03. The molecule has 6 nitrogen and oxygen atoms in total. The number of piperazine rings is 1. The number of amides is 1. The number of sulfonamides is 1. The molecule has 7 heteroatoms. The monoisotopic (exact) mass is 497 g/mol. The Bertz CT molecular complexity index is 1110. The molecule has 1 aliphatic heterocycles. The van der Waals surface area contributed by atoms with E-state index in [1.807, 2.05) is 56.0 Å². The number of nitrogens with one attached hydrogen (secondary N) is 1. The van der Waals surface area contributed by atoms with Crippen LogP contribution in [-0.4, -0.2) is 62.9 Å². The Morgan fingerprint density at radius 2 is 1.63 bits per heavy atom. The van der Waals surface area contributed by atoms with Gasteiger partial charge < -0.3 is 4.90 Å². The summed E-state index contributed by atoms with van der Waals surface area (Å²) in [5.74, 6) is -0.250. The molecule has 2 atom stereocenters. The Hall–Kier alpha value is -2.48. The highest BCUT2D eigenvalue weighted by atomic mass is 32.2. The molecule has 2 aromatic rings. The maximum absolute atomic E-state index is 13.5. The van der Waals surface area contributed by atoms with Crippen molar-refractivity contribution >= 4 is 22.0 Å². The van der Waals surface area contributed by atoms with Gasteiger partial charge in [-0.25, -0.2) is 8.42 Å². The Kier molecular flexibility index (Phi) is 9.27. The molecule has 1 N–H and O–H groups in total. The second-order valence-corrected chi connectivity index (χ2v) is 11.3. The average molecular weight is 498 g/mol. The molecule has 190 valence electrons. The van der Waals surface area contributed by atoms with Crippen molar-refractivity contribution in [3.05, 3.63) is 70.8 Å². The van der Waals surface area contributed by atoms with E-state index in [0.717, 1.165) is 25.2 Å². The first-order chi connectivity index (χ1) is 16.6. The van der Waals surface area contributed by atoms with Crippen LogP contribution >= 0.6 is 0 Å². The maximum atomic E-state index is 13.5. The highest BCUT2D eigenvalue weighted by Gasteiger charge is 2.34. The molecule has 1 heterocycles. The molecule has 1 fully saturated rings. The van der Waals surface area contributed by atoms with Gasteiger partial charge in [0.2, 0.25) is 15.9 Å². The first-order valence-corrected chi connectivity index (χ1v) is 13.9. The number of hydrogen-bond donors (Lipinski definition) is 1. The van der Waals surface area contributed by atoms with Crippen LogP contribution in [0.4, 0.5) is 0 Å². The van der Waals surface area contributed by atoms with Gasteiger partial charge in [0.1, 0.15) is 6.04 Å². The number of aryl methyl sites for hydroxylation is 3. The summed E-state index contributed by atoms with van der Waals surface area (Å²) < 4.78 is 29.6. The van der Waals surface area contributed by atoms with Crippen LogP contribution in [0.1, 0.15) is 42.5 Å². The molecule has 2 aromatic carbocycles. The second-order valence-electron chi connectivity index (χ2n) is 9.65. The highest BCUT2D eigenvalue weighted by Crippen LogP contribution is 2.23. The quantitative estimate of drug-likeness (QED) is 0.565. The standard InChI is InChI=1S/C28H39N3O3S/c1-6-22(3)26(29-35(33,34)27-23(4)19-21(2)20-24(27)5)28(32)31-17-15-30(16-18-31)14-10-13-25-11-8-7-9-12-25/h7-13,19-20,22,26,29H,6,14-18H2,1-5H3/b13-10+. The van der Waals surface area contributed by atoms with Gasteiger partial charge in [0.05, 0.1) is 4.90 Å². The van der Waals surface area contributed by atoms with Crippen LogP contribution in [-0.2, 0) is 14.8 Å². The van der Waals surface area contributed by atoms with E-state index in [2.05, 4.69) is 33.9 Å².